The van der Waals surface area contributed by atoms with Gasteiger partial charge >= 0.3 is 0 Å². The molecule has 0 aliphatic heterocycles. The van der Waals surface area contributed by atoms with Crippen molar-refractivity contribution in [1.82, 2.24) is 0 Å². The second kappa shape index (κ2) is 4.28. The van der Waals surface area contributed by atoms with Crippen LogP contribution in [-0.2, 0) is 16.3 Å². The van der Waals surface area contributed by atoms with Crippen LogP contribution in [0.2, 0.25) is 0 Å². The third-order valence-corrected chi connectivity index (χ3v) is 3.16. The van der Waals surface area contributed by atoms with Gasteiger partial charge in [-0.15, -0.1) is 0 Å². The monoisotopic (exact) mass is 211 g/mol. The summed E-state index contributed by atoms with van der Waals surface area (Å²) in [5.41, 5.74) is 7.14. The van der Waals surface area contributed by atoms with Gasteiger partial charge in [-0.1, -0.05) is 18.7 Å². The normalized spacial score (nSPS) is 11.1. The van der Waals surface area contributed by atoms with E-state index in [-0.39, 0.29) is 5.75 Å². The van der Waals surface area contributed by atoms with Gasteiger partial charge in [0.1, 0.15) is 0 Å². The van der Waals surface area contributed by atoms with Crippen molar-refractivity contribution >= 4 is 15.5 Å². The molecule has 0 fully saturated rings. The Balaban J connectivity index is 2.67. The fourth-order valence-corrected chi connectivity index (χ4v) is 1.78. The first-order valence-corrected chi connectivity index (χ1v) is 5.94. The molecule has 14 heavy (non-hydrogen) atoms. The lowest BCUT2D eigenvalue weighted by Gasteiger charge is -2.01. The Hall–Kier alpha value is -1.29. The molecule has 0 aliphatic rings. The van der Waals surface area contributed by atoms with Crippen LogP contribution < -0.4 is 5.73 Å². The number of sulfone groups is 1. The molecule has 0 unspecified atom stereocenters. The van der Waals surface area contributed by atoms with Crippen molar-refractivity contribution < 1.29 is 8.42 Å². The highest BCUT2D eigenvalue weighted by molar-refractivity contribution is 7.94. The number of rotatable bonds is 4. The number of aryl methyl sites for hydroxylation is 1. The van der Waals surface area contributed by atoms with Gasteiger partial charge in [-0.05, 0) is 24.1 Å². The van der Waals surface area contributed by atoms with Crippen LogP contribution in [0.3, 0.4) is 0 Å². The van der Waals surface area contributed by atoms with E-state index in [9.17, 15) is 8.42 Å². The highest BCUT2D eigenvalue weighted by Gasteiger charge is 2.04. The standard InChI is InChI=1S/C10H13NO2S/c1-2-14(12,13)7-6-9-4-3-5-10(11)8-9/h2-5,8H,1,6-7,11H2. The first-order valence-electron chi connectivity index (χ1n) is 4.23. The summed E-state index contributed by atoms with van der Waals surface area (Å²) >= 11 is 0. The zero-order chi connectivity index (χ0) is 10.6. The second-order valence-corrected chi connectivity index (χ2v) is 5.10. The Morgan fingerprint density at radius 3 is 2.71 bits per heavy atom. The van der Waals surface area contributed by atoms with E-state index in [2.05, 4.69) is 6.58 Å². The van der Waals surface area contributed by atoms with Crippen molar-refractivity contribution in [3.63, 3.8) is 0 Å². The van der Waals surface area contributed by atoms with E-state index in [1.54, 1.807) is 12.1 Å². The van der Waals surface area contributed by atoms with Gasteiger partial charge in [0.25, 0.3) is 0 Å². The molecule has 1 aromatic rings. The van der Waals surface area contributed by atoms with Crippen molar-refractivity contribution in [3.05, 3.63) is 41.8 Å². The zero-order valence-corrected chi connectivity index (χ0v) is 8.63. The van der Waals surface area contributed by atoms with Crippen molar-refractivity contribution in [2.75, 3.05) is 11.5 Å². The van der Waals surface area contributed by atoms with Crippen LogP contribution >= 0.6 is 0 Å². The number of nitrogen functional groups attached to an aromatic ring is 1. The third kappa shape index (κ3) is 3.22. The van der Waals surface area contributed by atoms with Crippen LogP contribution in [-0.4, -0.2) is 14.2 Å². The highest BCUT2D eigenvalue weighted by atomic mass is 32.2. The molecular weight excluding hydrogens is 198 g/mol. The van der Waals surface area contributed by atoms with Gasteiger partial charge in [0, 0.05) is 11.1 Å². The molecule has 0 aromatic heterocycles. The molecule has 0 atom stereocenters. The fraction of sp³-hybridized carbons (Fsp3) is 0.200. The molecule has 2 N–H and O–H groups in total. The van der Waals surface area contributed by atoms with Gasteiger partial charge in [0.2, 0.25) is 0 Å². The van der Waals surface area contributed by atoms with E-state index in [0.717, 1.165) is 11.0 Å². The first-order chi connectivity index (χ1) is 6.53. The highest BCUT2D eigenvalue weighted by Crippen LogP contribution is 2.08. The van der Waals surface area contributed by atoms with E-state index in [0.29, 0.717) is 12.1 Å². The fourth-order valence-electron chi connectivity index (χ4n) is 1.09. The number of hydrogen-bond donors (Lipinski definition) is 1. The third-order valence-electron chi connectivity index (χ3n) is 1.88. The number of hydrogen-bond acceptors (Lipinski definition) is 3. The molecule has 1 rings (SSSR count). The summed E-state index contributed by atoms with van der Waals surface area (Å²) in [7, 11) is -3.11. The maximum absolute atomic E-state index is 11.1. The molecule has 0 bridgehead atoms. The Labute approximate surface area is 84.2 Å². The lowest BCUT2D eigenvalue weighted by molar-refractivity contribution is 0.604. The predicted octanol–water partition coefficient (Wildman–Crippen LogP) is 1.37. The molecule has 0 radical (unpaired) electrons. The van der Waals surface area contributed by atoms with Crippen LogP contribution in [0.1, 0.15) is 5.56 Å². The van der Waals surface area contributed by atoms with Gasteiger partial charge < -0.3 is 5.73 Å². The molecular formula is C10H13NO2S. The summed E-state index contributed by atoms with van der Waals surface area (Å²) in [5.74, 6) is 0.0833. The summed E-state index contributed by atoms with van der Waals surface area (Å²) in [4.78, 5) is 0. The lowest BCUT2D eigenvalue weighted by Crippen LogP contribution is -2.04. The SMILES string of the molecule is C=CS(=O)(=O)CCc1cccc(N)c1. The van der Waals surface area contributed by atoms with Crippen LogP contribution in [0.5, 0.6) is 0 Å². The number of nitrogens with two attached hydrogens (primary N) is 1. The summed E-state index contributed by atoms with van der Waals surface area (Å²) in [6, 6.07) is 7.21. The van der Waals surface area contributed by atoms with Crippen molar-refractivity contribution in [2.24, 2.45) is 0 Å². The van der Waals surface area contributed by atoms with Gasteiger partial charge in [-0.2, -0.15) is 0 Å². The molecule has 0 heterocycles. The van der Waals surface area contributed by atoms with E-state index in [1.165, 1.54) is 0 Å². The van der Waals surface area contributed by atoms with E-state index in [1.807, 2.05) is 12.1 Å². The Bertz CT molecular complexity index is 424. The minimum atomic E-state index is -3.11. The van der Waals surface area contributed by atoms with Crippen molar-refractivity contribution in [2.45, 2.75) is 6.42 Å². The Kier molecular flexibility index (Phi) is 3.30. The maximum Gasteiger partial charge on any atom is 0.171 e. The first kappa shape index (κ1) is 10.8. The molecule has 3 nitrogen and oxygen atoms in total. The smallest absolute Gasteiger partial charge is 0.171 e. The number of benzene rings is 1. The molecule has 0 saturated carbocycles. The maximum atomic E-state index is 11.1. The van der Waals surface area contributed by atoms with Crippen molar-refractivity contribution in [3.8, 4) is 0 Å². The second-order valence-electron chi connectivity index (χ2n) is 3.03. The van der Waals surface area contributed by atoms with E-state index in [4.69, 9.17) is 5.73 Å². The predicted molar refractivity (Wildman–Crippen MR) is 58.5 cm³/mol. The topological polar surface area (TPSA) is 60.2 Å². The van der Waals surface area contributed by atoms with Crippen LogP contribution in [0.25, 0.3) is 0 Å². The van der Waals surface area contributed by atoms with Crippen LogP contribution in [0.4, 0.5) is 5.69 Å². The number of anilines is 1. The molecule has 0 saturated heterocycles. The molecule has 4 heteroatoms. The molecule has 76 valence electrons. The average molecular weight is 211 g/mol. The lowest BCUT2D eigenvalue weighted by atomic mass is 10.1. The largest absolute Gasteiger partial charge is 0.399 e. The van der Waals surface area contributed by atoms with Gasteiger partial charge in [-0.25, -0.2) is 8.42 Å². The summed E-state index contributed by atoms with van der Waals surface area (Å²) in [6.07, 6.45) is 0.472. The van der Waals surface area contributed by atoms with E-state index < -0.39 is 9.84 Å². The van der Waals surface area contributed by atoms with Crippen LogP contribution in [0.15, 0.2) is 36.3 Å². The molecule has 0 spiro atoms. The van der Waals surface area contributed by atoms with Crippen LogP contribution in [0, 0.1) is 0 Å². The minimum Gasteiger partial charge on any atom is -0.399 e. The van der Waals surface area contributed by atoms with E-state index >= 15 is 0 Å². The summed E-state index contributed by atoms with van der Waals surface area (Å²) in [6.45, 7) is 3.25. The zero-order valence-electron chi connectivity index (χ0n) is 7.81. The minimum absolute atomic E-state index is 0.0833. The Morgan fingerprint density at radius 2 is 2.14 bits per heavy atom. The average Bonchev–Trinajstić information content (AvgIpc) is 2.15. The Morgan fingerprint density at radius 1 is 1.43 bits per heavy atom. The summed E-state index contributed by atoms with van der Waals surface area (Å²) in [5, 5.41) is 0.985. The van der Waals surface area contributed by atoms with Crippen molar-refractivity contribution in [1.29, 1.82) is 0 Å². The molecule has 0 amide bonds. The molecule has 1 aromatic carbocycles. The summed E-state index contributed by atoms with van der Waals surface area (Å²) < 4.78 is 22.2. The van der Waals surface area contributed by atoms with Gasteiger partial charge in [-0.3, -0.25) is 0 Å². The quantitative estimate of drug-likeness (QED) is 0.765. The van der Waals surface area contributed by atoms with Gasteiger partial charge in [0.05, 0.1) is 5.75 Å². The van der Waals surface area contributed by atoms with Gasteiger partial charge in [0.15, 0.2) is 9.84 Å². The molecule has 0 aliphatic carbocycles.